The molecule has 20 heavy (non-hydrogen) atoms. The first-order valence-electron chi connectivity index (χ1n) is 6.93. The highest BCUT2D eigenvalue weighted by Crippen LogP contribution is 2.38. The van der Waals surface area contributed by atoms with Crippen molar-refractivity contribution < 1.29 is 19.5 Å². The van der Waals surface area contributed by atoms with Gasteiger partial charge < -0.3 is 21.1 Å². The lowest BCUT2D eigenvalue weighted by atomic mass is 9.85. The van der Waals surface area contributed by atoms with Gasteiger partial charge in [0.25, 0.3) is 0 Å². The third-order valence-corrected chi connectivity index (χ3v) is 4.62. The predicted octanol–water partition coefficient (Wildman–Crippen LogP) is 0.147. The molecule has 1 heterocycles. The molecule has 0 radical (unpaired) electrons. The molecule has 0 spiro atoms. The summed E-state index contributed by atoms with van der Waals surface area (Å²) in [6.45, 7) is 2.47. The summed E-state index contributed by atoms with van der Waals surface area (Å²) >= 11 is 0. The molecule has 1 saturated heterocycles. The number of amides is 3. The number of nitrogens with two attached hydrogens (primary N) is 1. The Morgan fingerprint density at radius 1 is 1.35 bits per heavy atom. The molecule has 0 aromatic rings. The SMILES string of the molecule is CC1(C(=O)O)CCCC1NC(=O)N1CCC(C(N)=O)C1. The zero-order valence-electron chi connectivity index (χ0n) is 11.6. The van der Waals surface area contributed by atoms with Gasteiger partial charge in [0.2, 0.25) is 5.91 Å². The number of primary amides is 1. The molecule has 112 valence electrons. The van der Waals surface area contributed by atoms with Crippen molar-refractivity contribution in [2.45, 2.75) is 38.6 Å². The number of nitrogens with zero attached hydrogens (tertiary/aromatic N) is 1. The number of carboxylic acids is 1. The highest BCUT2D eigenvalue weighted by molar-refractivity contribution is 5.81. The topological polar surface area (TPSA) is 113 Å². The van der Waals surface area contributed by atoms with Gasteiger partial charge in [-0.3, -0.25) is 9.59 Å². The van der Waals surface area contributed by atoms with Crippen LogP contribution in [0.25, 0.3) is 0 Å². The molecule has 2 fully saturated rings. The standard InChI is InChI=1S/C13H21N3O4/c1-13(11(18)19)5-2-3-9(13)15-12(20)16-6-4-8(7-16)10(14)17/h8-9H,2-7H2,1H3,(H2,14,17)(H,15,20)(H,18,19). The van der Waals surface area contributed by atoms with E-state index in [1.807, 2.05) is 0 Å². The Bertz CT molecular complexity index is 439. The maximum absolute atomic E-state index is 12.1. The van der Waals surface area contributed by atoms with Crippen LogP contribution in [0.5, 0.6) is 0 Å². The smallest absolute Gasteiger partial charge is 0.317 e. The number of urea groups is 1. The van der Waals surface area contributed by atoms with Gasteiger partial charge in [0.1, 0.15) is 0 Å². The lowest BCUT2D eigenvalue weighted by Gasteiger charge is -2.29. The van der Waals surface area contributed by atoms with Crippen molar-refractivity contribution in [3.8, 4) is 0 Å². The summed E-state index contributed by atoms with van der Waals surface area (Å²) in [5.41, 5.74) is 4.33. The van der Waals surface area contributed by atoms with Crippen LogP contribution < -0.4 is 11.1 Å². The van der Waals surface area contributed by atoms with Crippen LogP contribution in [0.2, 0.25) is 0 Å². The molecule has 0 aromatic carbocycles. The number of likely N-dealkylation sites (tertiary alicyclic amines) is 1. The maximum atomic E-state index is 12.1. The fourth-order valence-corrected chi connectivity index (χ4v) is 3.07. The second-order valence-corrected chi connectivity index (χ2v) is 5.95. The summed E-state index contributed by atoms with van der Waals surface area (Å²) in [5, 5.41) is 12.1. The molecule has 3 unspecified atom stereocenters. The third-order valence-electron chi connectivity index (χ3n) is 4.62. The number of nitrogens with one attached hydrogen (secondary N) is 1. The molecule has 2 aliphatic rings. The van der Waals surface area contributed by atoms with Gasteiger partial charge in [-0.1, -0.05) is 6.42 Å². The quantitative estimate of drug-likeness (QED) is 0.684. The van der Waals surface area contributed by atoms with E-state index < -0.39 is 17.3 Å². The van der Waals surface area contributed by atoms with E-state index >= 15 is 0 Å². The molecule has 1 aliphatic carbocycles. The minimum atomic E-state index is -0.904. The first kappa shape index (κ1) is 14.6. The number of carboxylic acid groups (broad SMARTS) is 1. The van der Waals surface area contributed by atoms with Crippen LogP contribution in [0.15, 0.2) is 0 Å². The number of rotatable bonds is 3. The van der Waals surface area contributed by atoms with Crippen molar-refractivity contribution in [2.75, 3.05) is 13.1 Å². The van der Waals surface area contributed by atoms with Crippen molar-refractivity contribution in [3.05, 3.63) is 0 Å². The predicted molar refractivity (Wildman–Crippen MR) is 70.8 cm³/mol. The normalized spacial score (nSPS) is 33.1. The molecule has 2 rings (SSSR count). The third kappa shape index (κ3) is 2.57. The van der Waals surface area contributed by atoms with E-state index in [4.69, 9.17) is 5.73 Å². The summed E-state index contributed by atoms with van der Waals surface area (Å²) < 4.78 is 0. The summed E-state index contributed by atoms with van der Waals surface area (Å²) in [6.07, 6.45) is 2.60. The van der Waals surface area contributed by atoms with E-state index in [1.54, 1.807) is 6.92 Å². The van der Waals surface area contributed by atoms with E-state index in [0.29, 0.717) is 32.4 Å². The van der Waals surface area contributed by atoms with Crippen molar-refractivity contribution in [1.29, 1.82) is 0 Å². The Hall–Kier alpha value is -1.79. The van der Waals surface area contributed by atoms with E-state index in [0.717, 1.165) is 6.42 Å². The Morgan fingerprint density at radius 2 is 2.05 bits per heavy atom. The Balaban J connectivity index is 1.95. The molecule has 7 heteroatoms. The summed E-state index contributed by atoms with van der Waals surface area (Å²) in [7, 11) is 0. The van der Waals surface area contributed by atoms with Gasteiger partial charge >= 0.3 is 12.0 Å². The lowest BCUT2D eigenvalue weighted by molar-refractivity contribution is -0.148. The fraction of sp³-hybridized carbons (Fsp3) is 0.769. The number of hydrogen-bond acceptors (Lipinski definition) is 3. The highest BCUT2D eigenvalue weighted by atomic mass is 16.4. The van der Waals surface area contributed by atoms with Crippen LogP contribution in [-0.2, 0) is 9.59 Å². The molecular formula is C13H21N3O4. The van der Waals surface area contributed by atoms with Crippen LogP contribution in [-0.4, -0.2) is 47.0 Å². The van der Waals surface area contributed by atoms with Gasteiger partial charge in [0.05, 0.1) is 11.3 Å². The first-order chi connectivity index (χ1) is 9.34. The lowest BCUT2D eigenvalue weighted by Crippen LogP contribution is -2.51. The van der Waals surface area contributed by atoms with E-state index in [9.17, 15) is 19.5 Å². The Kier molecular flexibility index (Phi) is 3.87. The average molecular weight is 283 g/mol. The van der Waals surface area contributed by atoms with Gasteiger partial charge in [-0.25, -0.2) is 4.79 Å². The first-order valence-corrected chi connectivity index (χ1v) is 6.93. The van der Waals surface area contributed by atoms with E-state index in [2.05, 4.69) is 5.32 Å². The maximum Gasteiger partial charge on any atom is 0.317 e. The summed E-state index contributed by atoms with van der Waals surface area (Å²) in [4.78, 5) is 36.1. The Labute approximate surface area is 117 Å². The van der Waals surface area contributed by atoms with Crippen molar-refractivity contribution in [3.63, 3.8) is 0 Å². The number of carbonyl (C=O) groups is 3. The van der Waals surface area contributed by atoms with Crippen LogP contribution in [0, 0.1) is 11.3 Å². The number of hydrogen-bond donors (Lipinski definition) is 3. The van der Waals surface area contributed by atoms with Crippen LogP contribution in [0.4, 0.5) is 4.79 Å². The highest BCUT2D eigenvalue weighted by Gasteiger charge is 2.46. The minimum Gasteiger partial charge on any atom is -0.481 e. The summed E-state index contributed by atoms with van der Waals surface area (Å²) in [6, 6.07) is -0.659. The number of aliphatic carboxylic acids is 1. The molecule has 4 N–H and O–H groups in total. The van der Waals surface area contributed by atoms with Crippen molar-refractivity contribution >= 4 is 17.9 Å². The van der Waals surface area contributed by atoms with Gasteiger partial charge in [0.15, 0.2) is 0 Å². The molecule has 1 saturated carbocycles. The Morgan fingerprint density at radius 3 is 2.60 bits per heavy atom. The largest absolute Gasteiger partial charge is 0.481 e. The minimum absolute atomic E-state index is 0.296. The second kappa shape index (κ2) is 5.30. The van der Waals surface area contributed by atoms with Crippen LogP contribution >= 0.6 is 0 Å². The van der Waals surface area contributed by atoms with Crippen molar-refractivity contribution in [2.24, 2.45) is 17.1 Å². The molecular weight excluding hydrogens is 262 g/mol. The molecule has 7 nitrogen and oxygen atoms in total. The van der Waals surface area contributed by atoms with Crippen LogP contribution in [0.1, 0.15) is 32.6 Å². The van der Waals surface area contributed by atoms with E-state index in [-0.39, 0.29) is 18.0 Å². The second-order valence-electron chi connectivity index (χ2n) is 5.95. The fourth-order valence-electron chi connectivity index (χ4n) is 3.07. The molecule has 0 bridgehead atoms. The zero-order chi connectivity index (χ0) is 14.9. The molecule has 3 amide bonds. The number of carbonyl (C=O) groups excluding carboxylic acids is 2. The van der Waals surface area contributed by atoms with Gasteiger partial charge in [-0.05, 0) is 26.2 Å². The van der Waals surface area contributed by atoms with Gasteiger partial charge in [-0.2, -0.15) is 0 Å². The molecule has 3 atom stereocenters. The van der Waals surface area contributed by atoms with Crippen LogP contribution in [0.3, 0.4) is 0 Å². The monoisotopic (exact) mass is 283 g/mol. The zero-order valence-corrected chi connectivity index (χ0v) is 11.6. The van der Waals surface area contributed by atoms with Crippen molar-refractivity contribution in [1.82, 2.24) is 10.2 Å². The molecule has 1 aliphatic heterocycles. The summed E-state index contributed by atoms with van der Waals surface area (Å²) in [5.74, 6) is -1.57. The molecule has 0 aromatic heterocycles. The van der Waals surface area contributed by atoms with Gasteiger partial charge in [-0.15, -0.1) is 0 Å². The van der Waals surface area contributed by atoms with E-state index in [1.165, 1.54) is 4.90 Å². The van der Waals surface area contributed by atoms with Gasteiger partial charge in [0, 0.05) is 19.1 Å². The average Bonchev–Trinajstić information content (AvgIpc) is 2.98.